The lowest BCUT2D eigenvalue weighted by atomic mass is 9.98. The molecule has 1 aromatic carbocycles. The number of carbonyl (C=O) groups is 1. The van der Waals surface area contributed by atoms with Gasteiger partial charge in [-0.1, -0.05) is 30.3 Å². The van der Waals surface area contributed by atoms with Gasteiger partial charge in [0.1, 0.15) is 0 Å². The molecule has 5 rings (SSSR count). The fraction of sp³-hybridized carbons (Fsp3) is 0.364. The number of carbonyl (C=O) groups excluding carboxylic acids is 1. The van der Waals surface area contributed by atoms with Gasteiger partial charge >= 0.3 is 0 Å². The van der Waals surface area contributed by atoms with Gasteiger partial charge in [0, 0.05) is 32.6 Å². The lowest BCUT2D eigenvalue weighted by Gasteiger charge is -2.27. The zero-order chi connectivity index (χ0) is 21.6. The van der Waals surface area contributed by atoms with Gasteiger partial charge in [0.25, 0.3) is 0 Å². The molecular weight excluding hydrogens is 434 g/mol. The molecule has 1 aliphatic carbocycles. The largest absolute Gasteiger partial charge is 0.395 e. The Labute approximate surface area is 185 Å². The molecule has 0 saturated heterocycles. The van der Waals surface area contributed by atoms with Crippen molar-refractivity contribution in [3.8, 4) is 0 Å². The number of rotatable bonds is 5. The summed E-state index contributed by atoms with van der Waals surface area (Å²) < 4.78 is 27.9. The van der Waals surface area contributed by atoms with Gasteiger partial charge in [-0.2, -0.15) is 4.31 Å². The smallest absolute Gasteiger partial charge is 0.239 e. The summed E-state index contributed by atoms with van der Waals surface area (Å²) in [6.45, 7) is 1.21. The van der Waals surface area contributed by atoms with Crippen LogP contribution in [0.3, 0.4) is 0 Å². The van der Waals surface area contributed by atoms with Crippen molar-refractivity contribution in [3.63, 3.8) is 0 Å². The number of aliphatic hydroxyl groups excluding tert-OH is 1. The zero-order valence-corrected chi connectivity index (χ0v) is 18.5. The highest BCUT2D eigenvalue weighted by Crippen LogP contribution is 2.38. The quantitative estimate of drug-likeness (QED) is 0.682. The summed E-state index contributed by atoms with van der Waals surface area (Å²) in [6, 6.07) is 9.26. The average molecular weight is 458 g/mol. The van der Waals surface area contributed by atoms with Crippen LogP contribution in [0.15, 0.2) is 69.2 Å². The molecule has 0 bridgehead atoms. The molecule has 9 heteroatoms. The third-order valence-electron chi connectivity index (χ3n) is 6.25. The van der Waals surface area contributed by atoms with E-state index in [1.807, 2.05) is 30.3 Å². The normalized spacial score (nSPS) is 24.2. The van der Waals surface area contributed by atoms with Gasteiger partial charge in [-0.05, 0) is 28.9 Å². The number of thioether (sulfide) groups is 1. The lowest BCUT2D eigenvalue weighted by molar-refractivity contribution is -0.132. The van der Waals surface area contributed by atoms with Crippen LogP contribution in [-0.2, 0) is 14.8 Å². The number of allylic oxidation sites excluding steroid dienone is 3. The Kier molecular flexibility index (Phi) is 5.37. The number of benzene rings is 1. The fourth-order valence-corrected chi connectivity index (χ4v) is 7.10. The molecule has 3 aliphatic heterocycles. The van der Waals surface area contributed by atoms with Gasteiger partial charge in [0.15, 0.2) is 0 Å². The minimum absolute atomic E-state index is 0.0821. The highest BCUT2D eigenvalue weighted by Gasteiger charge is 2.40. The highest BCUT2D eigenvalue weighted by molar-refractivity contribution is 8.13. The molecule has 31 heavy (non-hydrogen) atoms. The van der Waals surface area contributed by atoms with Crippen molar-refractivity contribution in [2.75, 3.05) is 32.8 Å². The maximum absolute atomic E-state index is 13.2. The molecule has 1 aromatic rings. The van der Waals surface area contributed by atoms with Crippen LogP contribution in [0.5, 0.6) is 0 Å². The molecule has 4 aliphatic rings. The van der Waals surface area contributed by atoms with Crippen LogP contribution in [0.4, 0.5) is 0 Å². The van der Waals surface area contributed by atoms with E-state index < -0.39 is 15.9 Å². The number of sulfonamides is 1. The molecule has 0 radical (unpaired) electrons. The molecule has 162 valence electrons. The average Bonchev–Trinajstić information content (AvgIpc) is 3.49. The lowest BCUT2D eigenvalue weighted by Crippen LogP contribution is -2.39. The van der Waals surface area contributed by atoms with Gasteiger partial charge in [-0.25, -0.2) is 8.42 Å². The predicted molar refractivity (Wildman–Crippen MR) is 121 cm³/mol. The number of fused-ring (bicyclic) bond motifs is 1. The third-order valence-corrected chi connectivity index (χ3v) is 9.11. The zero-order valence-electron chi connectivity index (χ0n) is 16.8. The molecule has 1 unspecified atom stereocenters. The number of amides is 1. The van der Waals surface area contributed by atoms with Gasteiger partial charge in [-0.15, -0.1) is 11.8 Å². The number of nitrogens with zero attached hydrogens (tertiary/aromatic N) is 3. The van der Waals surface area contributed by atoms with Crippen LogP contribution < -0.4 is 0 Å². The van der Waals surface area contributed by atoms with E-state index in [1.54, 1.807) is 34.4 Å². The molecule has 1 N–H and O–H groups in total. The summed E-state index contributed by atoms with van der Waals surface area (Å²) >= 11 is 1.55. The van der Waals surface area contributed by atoms with E-state index in [0.29, 0.717) is 37.5 Å². The summed E-state index contributed by atoms with van der Waals surface area (Å²) in [7, 11) is -3.55. The first-order valence-electron chi connectivity index (χ1n) is 10.2. The highest BCUT2D eigenvalue weighted by atomic mass is 32.2. The molecule has 0 saturated carbocycles. The number of hydrogen-bond acceptors (Lipinski definition) is 6. The molecule has 0 aromatic heterocycles. The first kappa shape index (κ1) is 20.7. The van der Waals surface area contributed by atoms with Crippen molar-refractivity contribution in [2.24, 2.45) is 4.99 Å². The Morgan fingerprint density at radius 3 is 2.52 bits per heavy atom. The Morgan fingerprint density at radius 1 is 1.13 bits per heavy atom. The molecule has 3 heterocycles. The molecular formula is C22H23N3O4S2. The first-order valence-corrected chi connectivity index (χ1v) is 12.6. The Balaban J connectivity index is 1.25. The van der Waals surface area contributed by atoms with Crippen LogP contribution in [0.2, 0.25) is 0 Å². The SMILES string of the molecule is O=C([C@H](CO)c1ccccc1)N1CC2=C(C1)CN(S(=O)(=O)C1=CC=C3N=CSC3C1)C2. The van der Waals surface area contributed by atoms with Gasteiger partial charge < -0.3 is 10.0 Å². The predicted octanol–water partition coefficient (Wildman–Crippen LogP) is 1.86. The van der Waals surface area contributed by atoms with E-state index in [9.17, 15) is 18.3 Å². The van der Waals surface area contributed by atoms with Crippen molar-refractivity contribution in [1.82, 2.24) is 9.21 Å². The van der Waals surface area contributed by atoms with Crippen LogP contribution in [-0.4, -0.2) is 72.2 Å². The summed E-state index contributed by atoms with van der Waals surface area (Å²) in [6.07, 6.45) is 3.93. The topological polar surface area (TPSA) is 90.3 Å². The van der Waals surface area contributed by atoms with E-state index in [1.165, 1.54) is 4.31 Å². The molecule has 7 nitrogen and oxygen atoms in total. The summed E-state index contributed by atoms with van der Waals surface area (Å²) in [5.74, 6) is -0.719. The van der Waals surface area contributed by atoms with E-state index in [4.69, 9.17) is 0 Å². The number of hydrogen-bond donors (Lipinski definition) is 1. The van der Waals surface area contributed by atoms with Crippen LogP contribution in [0.1, 0.15) is 17.9 Å². The van der Waals surface area contributed by atoms with Crippen molar-refractivity contribution >= 4 is 33.2 Å². The van der Waals surface area contributed by atoms with Crippen LogP contribution in [0.25, 0.3) is 0 Å². The third kappa shape index (κ3) is 3.69. The fourth-order valence-electron chi connectivity index (χ4n) is 4.51. The van der Waals surface area contributed by atoms with Crippen molar-refractivity contribution < 1.29 is 18.3 Å². The maximum atomic E-state index is 13.2. The second-order valence-corrected chi connectivity index (χ2v) is 11.2. The molecule has 1 amide bonds. The minimum atomic E-state index is -3.55. The van der Waals surface area contributed by atoms with E-state index >= 15 is 0 Å². The van der Waals surface area contributed by atoms with Crippen molar-refractivity contribution in [2.45, 2.75) is 17.6 Å². The van der Waals surface area contributed by atoms with Crippen LogP contribution in [0, 0.1) is 0 Å². The maximum Gasteiger partial charge on any atom is 0.239 e. The van der Waals surface area contributed by atoms with Gasteiger partial charge in [-0.3, -0.25) is 9.79 Å². The Bertz CT molecular complexity index is 1120. The molecule has 0 fully saturated rings. The summed E-state index contributed by atoms with van der Waals surface area (Å²) in [5.41, 5.74) is 5.47. The van der Waals surface area contributed by atoms with Gasteiger partial charge in [0.05, 0.1) is 33.9 Å². The second-order valence-electron chi connectivity index (χ2n) is 8.11. The van der Waals surface area contributed by atoms with Crippen molar-refractivity contribution in [3.05, 3.63) is 69.8 Å². The standard InChI is InChI=1S/C22H23N3O4S2/c26-13-19(15-4-2-1-3-5-15)22(27)24-9-16-11-25(12-17(16)10-24)31(28,29)18-6-7-20-21(8-18)30-14-23-20/h1-7,14,19,21,26H,8-13H2/t19-,21?/m1/s1. The Morgan fingerprint density at radius 2 is 1.84 bits per heavy atom. The monoisotopic (exact) mass is 457 g/mol. The first-order chi connectivity index (χ1) is 15.0. The molecule has 0 spiro atoms. The van der Waals surface area contributed by atoms with Crippen molar-refractivity contribution in [1.29, 1.82) is 0 Å². The second kappa shape index (κ2) is 8.05. The van der Waals surface area contributed by atoms with E-state index in [-0.39, 0.29) is 17.8 Å². The van der Waals surface area contributed by atoms with Crippen LogP contribution >= 0.6 is 11.8 Å². The van der Waals surface area contributed by atoms with E-state index in [2.05, 4.69) is 4.99 Å². The molecule has 2 atom stereocenters. The summed E-state index contributed by atoms with van der Waals surface area (Å²) in [5, 5.41) is 9.88. The number of aliphatic hydroxyl groups is 1. The minimum Gasteiger partial charge on any atom is -0.395 e. The Hall–Kier alpha value is -2.20. The van der Waals surface area contributed by atoms with E-state index in [0.717, 1.165) is 22.4 Å². The summed E-state index contributed by atoms with van der Waals surface area (Å²) in [4.78, 5) is 19.4. The van der Waals surface area contributed by atoms with Gasteiger partial charge in [0.2, 0.25) is 15.9 Å². The number of aliphatic imine (C=N–C) groups is 1.